The number of nitrogens with zero attached hydrogens (tertiary/aromatic N) is 1. The van der Waals surface area contributed by atoms with Crippen molar-refractivity contribution in [2.45, 2.75) is 20.1 Å². The van der Waals surface area contributed by atoms with Crippen LogP contribution in [0.2, 0.25) is 0 Å². The van der Waals surface area contributed by atoms with E-state index in [1.54, 1.807) is 18.4 Å². The molecule has 4 nitrogen and oxygen atoms in total. The predicted octanol–water partition coefficient (Wildman–Crippen LogP) is 3.53. The van der Waals surface area contributed by atoms with Gasteiger partial charge in [-0.15, -0.1) is 11.3 Å². The molecule has 2 aromatic heterocycles. The molecule has 6 heteroatoms. The second kappa shape index (κ2) is 8.48. The maximum Gasteiger partial charge on any atom is 0.142 e. The first kappa shape index (κ1) is 16.4. The highest BCUT2D eigenvalue weighted by Crippen LogP contribution is 2.25. The number of thiophene rings is 1. The molecule has 2 aromatic rings. The quantitative estimate of drug-likeness (QED) is 0.721. The summed E-state index contributed by atoms with van der Waals surface area (Å²) in [6.07, 6.45) is 0. The molecule has 1 N–H and O–H groups in total. The van der Waals surface area contributed by atoms with Gasteiger partial charge in [0.05, 0.1) is 17.2 Å². The van der Waals surface area contributed by atoms with Crippen LogP contribution in [0.3, 0.4) is 0 Å². The first-order valence-corrected chi connectivity index (χ1v) is 8.39. The van der Waals surface area contributed by atoms with E-state index < -0.39 is 0 Å². The second-order valence-electron chi connectivity index (χ2n) is 4.55. The Morgan fingerprint density at radius 2 is 2.19 bits per heavy atom. The number of methoxy groups -OCH3 is 1. The molecule has 0 amide bonds. The molecule has 0 saturated heterocycles. The number of pyridine rings is 1. The van der Waals surface area contributed by atoms with Crippen molar-refractivity contribution in [3.8, 4) is 5.75 Å². The topological polar surface area (TPSA) is 43.4 Å². The summed E-state index contributed by atoms with van der Waals surface area (Å²) >= 11 is 5.20. The molecule has 0 atom stereocenters. The van der Waals surface area contributed by atoms with Crippen LogP contribution >= 0.6 is 27.3 Å². The van der Waals surface area contributed by atoms with Crippen LogP contribution in [-0.4, -0.2) is 25.2 Å². The molecule has 0 unspecified atom stereocenters. The van der Waals surface area contributed by atoms with Gasteiger partial charge in [0, 0.05) is 30.4 Å². The van der Waals surface area contributed by atoms with Gasteiger partial charge in [0.15, 0.2) is 0 Å². The van der Waals surface area contributed by atoms with Crippen molar-refractivity contribution in [3.05, 3.63) is 44.3 Å². The summed E-state index contributed by atoms with van der Waals surface area (Å²) in [4.78, 5) is 5.73. The van der Waals surface area contributed by atoms with Gasteiger partial charge in [-0.2, -0.15) is 0 Å². The third kappa shape index (κ3) is 5.07. The van der Waals surface area contributed by atoms with E-state index in [4.69, 9.17) is 9.47 Å². The van der Waals surface area contributed by atoms with Crippen LogP contribution in [0.4, 0.5) is 0 Å². The Morgan fingerprint density at radius 3 is 2.90 bits per heavy atom. The number of aryl methyl sites for hydroxylation is 1. The lowest BCUT2D eigenvalue weighted by atomic mass is 10.3. The molecule has 0 fully saturated rings. The molecule has 0 spiro atoms. The fourth-order valence-electron chi connectivity index (χ4n) is 1.81. The Morgan fingerprint density at radius 1 is 1.33 bits per heavy atom. The lowest BCUT2D eigenvalue weighted by Crippen LogP contribution is -2.20. The van der Waals surface area contributed by atoms with E-state index in [1.807, 2.05) is 30.5 Å². The van der Waals surface area contributed by atoms with Crippen LogP contribution in [0, 0.1) is 6.92 Å². The molecule has 2 rings (SSSR count). The van der Waals surface area contributed by atoms with Crippen molar-refractivity contribution in [1.82, 2.24) is 10.3 Å². The predicted molar refractivity (Wildman–Crippen MR) is 88.9 cm³/mol. The minimum Gasteiger partial charge on any atom is -0.486 e. The van der Waals surface area contributed by atoms with Gasteiger partial charge in [0.1, 0.15) is 12.4 Å². The lowest BCUT2D eigenvalue weighted by Gasteiger charge is -2.12. The van der Waals surface area contributed by atoms with E-state index in [1.165, 1.54) is 4.88 Å². The standard InChI is InChI=1S/C15H19BrN2O2S/c1-11-3-4-14(13(18-11)9-17-6-7-19-2)20-10-15-12(16)5-8-21-15/h3-5,8,17H,6-7,9-10H2,1-2H3. The number of rotatable bonds is 8. The van der Waals surface area contributed by atoms with Crippen molar-refractivity contribution >= 4 is 27.3 Å². The fourth-order valence-corrected chi connectivity index (χ4v) is 3.19. The highest BCUT2D eigenvalue weighted by Gasteiger charge is 2.08. The Kier molecular flexibility index (Phi) is 6.63. The number of ether oxygens (including phenoxy) is 2. The van der Waals surface area contributed by atoms with Crippen LogP contribution in [-0.2, 0) is 17.9 Å². The molecule has 0 aliphatic rings. The largest absolute Gasteiger partial charge is 0.486 e. The normalized spacial score (nSPS) is 10.8. The number of nitrogens with one attached hydrogen (secondary N) is 1. The Hall–Kier alpha value is -0.950. The average Bonchev–Trinajstić information content (AvgIpc) is 2.88. The van der Waals surface area contributed by atoms with E-state index in [0.29, 0.717) is 19.8 Å². The molecule has 0 saturated carbocycles. The van der Waals surface area contributed by atoms with Gasteiger partial charge >= 0.3 is 0 Å². The molecule has 0 aliphatic heterocycles. The van der Waals surface area contributed by atoms with E-state index in [9.17, 15) is 0 Å². The number of hydrogen-bond donors (Lipinski definition) is 1. The van der Waals surface area contributed by atoms with E-state index in [2.05, 4.69) is 26.2 Å². The molecule has 0 aromatic carbocycles. The van der Waals surface area contributed by atoms with Gasteiger partial charge < -0.3 is 14.8 Å². The first-order chi connectivity index (χ1) is 10.2. The van der Waals surface area contributed by atoms with Crippen molar-refractivity contribution in [2.24, 2.45) is 0 Å². The highest BCUT2D eigenvalue weighted by molar-refractivity contribution is 9.10. The third-order valence-electron chi connectivity index (χ3n) is 2.90. The van der Waals surface area contributed by atoms with Gasteiger partial charge in [-0.25, -0.2) is 0 Å². The van der Waals surface area contributed by atoms with Gasteiger partial charge in [0.2, 0.25) is 0 Å². The van der Waals surface area contributed by atoms with Gasteiger partial charge in [-0.1, -0.05) is 0 Å². The maximum absolute atomic E-state index is 5.92. The van der Waals surface area contributed by atoms with Crippen LogP contribution in [0.1, 0.15) is 16.3 Å². The number of aromatic nitrogens is 1. The van der Waals surface area contributed by atoms with Gasteiger partial charge in [-0.05, 0) is 46.4 Å². The Balaban J connectivity index is 1.99. The van der Waals surface area contributed by atoms with Gasteiger partial charge in [-0.3, -0.25) is 4.98 Å². The summed E-state index contributed by atoms with van der Waals surface area (Å²) < 4.78 is 12.0. The molecule has 21 heavy (non-hydrogen) atoms. The third-order valence-corrected chi connectivity index (χ3v) is 4.80. The van der Waals surface area contributed by atoms with Crippen molar-refractivity contribution < 1.29 is 9.47 Å². The van der Waals surface area contributed by atoms with Crippen LogP contribution in [0.15, 0.2) is 28.1 Å². The van der Waals surface area contributed by atoms with Gasteiger partial charge in [0.25, 0.3) is 0 Å². The summed E-state index contributed by atoms with van der Waals surface area (Å²) in [7, 11) is 1.69. The van der Waals surface area contributed by atoms with Crippen molar-refractivity contribution in [1.29, 1.82) is 0 Å². The average molecular weight is 371 g/mol. The molecular formula is C15H19BrN2O2S. The van der Waals surface area contributed by atoms with Crippen molar-refractivity contribution in [3.63, 3.8) is 0 Å². The summed E-state index contributed by atoms with van der Waals surface area (Å²) in [5.41, 5.74) is 1.92. The summed E-state index contributed by atoms with van der Waals surface area (Å²) in [6.45, 7) is 4.69. The highest BCUT2D eigenvalue weighted by atomic mass is 79.9. The summed E-state index contributed by atoms with van der Waals surface area (Å²) in [5.74, 6) is 0.825. The monoisotopic (exact) mass is 370 g/mol. The van der Waals surface area contributed by atoms with Crippen LogP contribution in [0.25, 0.3) is 0 Å². The molecule has 0 radical (unpaired) electrons. The number of hydrogen-bond acceptors (Lipinski definition) is 5. The van der Waals surface area contributed by atoms with Crippen LogP contribution in [0.5, 0.6) is 5.75 Å². The first-order valence-electron chi connectivity index (χ1n) is 6.71. The minimum atomic E-state index is 0.550. The Labute approximate surface area is 137 Å². The van der Waals surface area contributed by atoms with Crippen LogP contribution < -0.4 is 10.1 Å². The SMILES string of the molecule is COCCNCc1nc(C)ccc1OCc1sccc1Br. The smallest absolute Gasteiger partial charge is 0.142 e. The summed E-state index contributed by atoms with van der Waals surface area (Å²) in [5, 5.41) is 5.35. The fraction of sp³-hybridized carbons (Fsp3) is 0.400. The maximum atomic E-state index is 5.92. The second-order valence-corrected chi connectivity index (χ2v) is 6.40. The van der Waals surface area contributed by atoms with E-state index in [0.717, 1.165) is 28.2 Å². The lowest BCUT2D eigenvalue weighted by molar-refractivity contribution is 0.198. The van der Waals surface area contributed by atoms with E-state index in [-0.39, 0.29) is 0 Å². The molecule has 0 bridgehead atoms. The summed E-state index contributed by atoms with van der Waals surface area (Å²) in [6, 6.07) is 5.98. The molecule has 0 aliphatic carbocycles. The minimum absolute atomic E-state index is 0.550. The zero-order chi connectivity index (χ0) is 15.1. The molecule has 114 valence electrons. The zero-order valence-corrected chi connectivity index (χ0v) is 14.6. The van der Waals surface area contributed by atoms with Crippen molar-refractivity contribution in [2.75, 3.05) is 20.3 Å². The molecule has 2 heterocycles. The molecular weight excluding hydrogens is 352 g/mol. The van der Waals surface area contributed by atoms with E-state index >= 15 is 0 Å². The zero-order valence-electron chi connectivity index (χ0n) is 12.2. The Bertz CT molecular complexity index is 575. The number of halogens is 1.